The van der Waals surface area contributed by atoms with Gasteiger partial charge in [0.05, 0.1) is 0 Å². The summed E-state index contributed by atoms with van der Waals surface area (Å²) in [6, 6.07) is 39.8. The number of hydrogen-bond donors (Lipinski definition) is 0. The minimum atomic E-state index is -0.0365. The van der Waals surface area contributed by atoms with Crippen LogP contribution in [0.1, 0.15) is 105 Å². The molecule has 6 aromatic carbocycles. The highest BCUT2D eigenvalue weighted by molar-refractivity contribution is 6.90. The third kappa shape index (κ3) is 4.97. The fourth-order valence-corrected chi connectivity index (χ4v) is 9.54. The smallest absolute Gasteiger partial charge is 0.333 e. The number of aromatic nitrogens is 1. The molecule has 2 aliphatic heterocycles. The maximum atomic E-state index is 7.00. The standard InChI is InChI=1S/C52H53BN2O/c1-49(2,3)30-21-23-43-38(27-30)45-44(56-43)29-42-47-46(45)37-18-15-17-36-35-16-13-14-19-40(35)55(48(36)37)53(47)39-22-20-31(50(4,5)6)28-41(39)54(42)34-25-32(51(7,8)9)24-33(26-34)52(10,11)12/h13-29H,1-12H3. The minimum Gasteiger partial charge on any atom is -0.456 e. The van der Waals surface area contributed by atoms with E-state index in [2.05, 4.69) is 196 Å². The molecular formula is C52H53BN2O. The lowest BCUT2D eigenvalue weighted by Gasteiger charge is -2.42. The van der Waals surface area contributed by atoms with Gasteiger partial charge in [-0.1, -0.05) is 144 Å². The van der Waals surface area contributed by atoms with Gasteiger partial charge in [0.1, 0.15) is 11.2 Å². The molecule has 0 N–H and O–H groups in total. The lowest BCUT2D eigenvalue weighted by Crippen LogP contribution is -2.56. The summed E-state index contributed by atoms with van der Waals surface area (Å²) in [6.45, 7) is 27.9. The van der Waals surface area contributed by atoms with Crippen molar-refractivity contribution in [3.63, 3.8) is 0 Å². The van der Waals surface area contributed by atoms with Gasteiger partial charge in [-0.05, 0) is 96.8 Å². The number of nitrogens with zero attached hydrogens (tertiary/aromatic N) is 2. The van der Waals surface area contributed by atoms with Gasteiger partial charge < -0.3 is 13.8 Å². The maximum absolute atomic E-state index is 7.00. The van der Waals surface area contributed by atoms with E-state index in [9.17, 15) is 0 Å². The molecule has 0 aliphatic carbocycles. The lowest BCUT2D eigenvalue weighted by atomic mass is 9.44. The molecule has 0 radical (unpaired) electrons. The van der Waals surface area contributed by atoms with Crippen LogP contribution in [0, 0.1) is 0 Å². The third-order valence-corrected chi connectivity index (χ3v) is 12.8. The van der Waals surface area contributed by atoms with Crippen LogP contribution < -0.4 is 15.8 Å². The van der Waals surface area contributed by atoms with Crippen LogP contribution in [0.2, 0.25) is 0 Å². The van der Waals surface area contributed by atoms with Crippen LogP contribution in [0.3, 0.4) is 0 Å². The van der Waals surface area contributed by atoms with Crippen LogP contribution in [-0.4, -0.2) is 11.3 Å². The summed E-state index contributed by atoms with van der Waals surface area (Å²) >= 11 is 0. The van der Waals surface area contributed by atoms with E-state index in [0.717, 1.165) is 11.2 Å². The topological polar surface area (TPSA) is 21.3 Å². The zero-order chi connectivity index (χ0) is 39.4. The Bertz CT molecular complexity index is 2930. The van der Waals surface area contributed by atoms with Crippen LogP contribution in [-0.2, 0) is 21.7 Å². The number of rotatable bonds is 1. The van der Waals surface area contributed by atoms with Crippen LogP contribution >= 0.6 is 0 Å². The average molecular weight is 733 g/mol. The second-order valence-corrected chi connectivity index (χ2v) is 20.7. The predicted octanol–water partition coefficient (Wildman–Crippen LogP) is 13.3. The predicted molar refractivity (Wildman–Crippen MR) is 242 cm³/mol. The summed E-state index contributed by atoms with van der Waals surface area (Å²) in [4.78, 5) is 2.59. The average Bonchev–Trinajstić information content (AvgIpc) is 3.67. The zero-order valence-electron chi connectivity index (χ0n) is 35.2. The zero-order valence-corrected chi connectivity index (χ0v) is 35.2. The molecule has 0 amide bonds. The SMILES string of the molecule is CC(C)(C)c1cc(N2c3cc(C(C)(C)C)ccc3B3c4c2cc2oc5ccc(C(C)(C)C)cc5c2c4-c2cccc4c5ccccc5n3c24)cc(C(C)(C)C)c1. The quantitative estimate of drug-likeness (QED) is 0.157. The molecule has 3 nitrogen and oxygen atoms in total. The molecule has 0 spiro atoms. The minimum absolute atomic E-state index is 0.00152. The van der Waals surface area contributed by atoms with Gasteiger partial charge in [0.15, 0.2) is 0 Å². The van der Waals surface area contributed by atoms with Gasteiger partial charge in [0, 0.05) is 61.3 Å². The van der Waals surface area contributed by atoms with E-state index in [-0.39, 0.29) is 28.5 Å². The van der Waals surface area contributed by atoms with Crippen molar-refractivity contribution in [1.82, 2.24) is 4.48 Å². The van der Waals surface area contributed by atoms with Crippen molar-refractivity contribution in [2.24, 2.45) is 0 Å². The van der Waals surface area contributed by atoms with E-state index < -0.39 is 0 Å². The molecule has 0 atom stereocenters. The summed E-state index contributed by atoms with van der Waals surface area (Å²) in [7, 11) is 0. The number of furan rings is 1. The Labute approximate surface area is 332 Å². The highest BCUT2D eigenvalue weighted by Gasteiger charge is 2.45. The summed E-state index contributed by atoms with van der Waals surface area (Å²) < 4.78 is 9.67. The molecule has 4 heteroatoms. The van der Waals surface area contributed by atoms with Gasteiger partial charge in [-0.3, -0.25) is 0 Å². The Morgan fingerprint density at radius 1 is 0.500 bits per heavy atom. The first-order chi connectivity index (χ1) is 26.3. The molecule has 0 saturated heterocycles. The van der Waals surface area contributed by atoms with Crippen molar-refractivity contribution in [1.29, 1.82) is 0 Å². The summed E-state index contributed by atoms with van der Waals surface area (Å²) in [5.74, 6) is 0. The Hall–Kier alpha value is -5.22. The van der Waals surface area contributed by atoms with E-state index in [0.29, 0.717) is 0 Å². The van der Waals surface area contributed by atoms with Crippen molar-refractivity contribution in [3.8, 4) is 11.1 Å². The van der Waals surface area contributed by atoms with Crippen molar-refractivity contribution in [2.75, 3.05) is 4.90 Å². The Morgan fingerprint density at radius 3 is 1.80 bits per heavy atom. The summed E-state index contributed by atoms with van der Waals surface area (Å²) in [5.41, 5.74) is 18.5. The molecule has 8 aromatic rings. The van der Waals surface area contributed by atoms with E-state index in [1.54, 1.807) is 0 Å². The van der Waals surface area contributed by atoms with Gasteiger partial charge in [0.25, 0.3) is 0 Å². The molecular weight excluding hydrogens is 679 g/mol. The molecule has 56 heavy (non-hydrogen) atoms. The van der Waals surface area contributed by atoms with Crippen molar-refractivity contribution in [3.05, 3.63) is 125 Å². The van der Waals surface area contributed by atoms with E-state index >= 15 is 0 Å². The van der Waals surface area contributed by atoms with Crippen molar-refractivity contribution >= 4 is 78.6 Å². The van der Waals surface area contributed by atoms with E-state index in [1.807, 2.05) is 0 Å². The fourth-order valence-electron chi connectivity index (χ4n) is 9.54. The molecule has 280 valence electrons. The highest BCUT2D eigenvalue weighted by Crippen LogP contribution is 2.51. The van der Waals surface area contributed by atoms with E-state index in [1.165, 1.54) is 93.9 Å². The van der Waals surface area contributed by atoms with Crippen LogP contribution in [0.4, 0.5) is 17.1 Å². The molecule has 2 aliphatic rings. The monoisotopic (exact) mass is 732 g/mol. The number of para-hydroxylation sites is 2. The van der Waals surface area contributed by atoms with Crippen molar-refractivity contribution < 1.29 is 4.42 Å². The largest absolute Gasteiger partial charge is 0.456 e. The molecule has 0 bridgehead atoms. The molecule has 0 fully saturated rings. The maximum Gasteiger partial charge on any atom is 0.333 e. The molecule has 0 unspecified atom stereocenters. The van der Waals surface area contributed by atoms with E-state index in [4.69, 9.17) is 4.42 Å². The Balaban J connectivity index is 1.43. The first-order valence-electron chi connectivity index (χ1n) is 20.5. The van der Waals surface area contributed by atoms with Crippen LogP contribution in [0.15, 0.2) is 108 Å². The molecule has 2 aromatic heterocycles. The number of anilines is 3. The first kappa shape index (κ1) is 35.2. The molecule has 10 rings (SSSR count). The summed E-state index contributed by atoms with van der Waals surface area (Å²) in [5, 5.41) is 5.00. The van der Waals surface area contributed by atoms with Gasteiger partial charge >= 0.3 is 6.85 Å². The van der Waals surface area contributed by atoms with Gasteiger partial charge in [-0.25, -0.2) is 0 Å². The third-order valence-electron chi connectivity index (χ3n) is 12.8. The first-order valence-corrected chi connectivity index (χ1v) is 20.5. The molecule has 0 saturated carbocycles. The summed E-state index contributed by atoms with van der Waals surface area (Å²) in [6.07, 6.45) is 0. The highest BCUT2D eigenvalue weighted by atomic mass is 16.3. The second-order valence-electron chi connectivity index (χ2n) is 20.7. The number of benzene rings is 6. The van der Waals surface area contributed by atoms with Crippen molar-refractivity contribution in [2.45, 2.75) is 105 Å². The fraction of sp³-hybridized carbons (Fsp3) is 0.308. The van der Waals surface area contributed by atoms with Crippen LogP contribution in [0.25, 0.3) is 54.9 Å². The van der Waals surface area contributed by atoms with Gasteiger partial charge in [0.2, 0.25) is 0 Å². The normalized spacial score (nSPS) is 14.4. The number of hydrogen-bond acceptors (Lipinski definition) is 2. The molecule has 4 heterocycles. The van der Waals surface area contributed by atoms with Gasteiger partial charge in [-0.2, -0.15) is 0 Å². The number of fused-ring (bicyclic) bond motifs is 11. The van der Waals surface area contributed by atoms with Gasteiger partial charge in [-0.15, -0.1) is 0 Å². The Morgan fingerprint density at radius 2 is 1.12 bits per heavy atom. The van der Waals surface area contributed by atoms with Crippen LogP contribution in [0.5, 0.6) is 0 Å². The second kappa shape index (κ2) is 11.2. The lowest BCUT2D eigenvalue weighted by molar-refractivity contribution is 0.568. The Kier molecular flexibility index (Phi) is 7.05.